The van der Waals surface area contributed by atoms with Crippen molar-refractivity contribution in [2.75, 3.05) is 31.5 Å². The zero-order chi connectivity index (χ0) is 17.6. The van der Waals surface area contributed by atoms with E-state index >= 15 is 0 Å². The molecule has 2 aromatic rings. The highest BCUT2D eigenvalue weighted by molar-refractivity contribution is 5.94. The molecule has 6 nitrogen and oxygen atoms in total. The second-order valence-corrected chi connectivity index (χ2v) is 5.97. The predicted molar refractivity (Wildman–Crippen MR) is 96.6 cm³/mol. The number of amides is 3. The first kappa shape index (κ1) is 17.0. The Kier molecular flexibility index (Phi) is 5.28. The Bertz CT molecular complexity index is 723. The number of piperazine rings is 1. The fraction of sp³-hybridized carbons (Fsp3) is 0.316. The fourth-order valence-corrected chi connectivity index (χ4v) is 2.80. The summed E-state index contributed by atoms with van der Waals surface area (Å²) in [4.78, 5) is 32.4. The van der Waals surface area contributed by atoms with E-state index in [9.17, 15) is 9.59 Å². The molecule has 1 aromatic carbocycles. The minimum absolute atomic E-state index is 0.0208. The van der Waals surface area contributed by atoms with Gasteiger partial charge in [0.15, 0.2) is 0 Å². The van der Waals surface area contributed by atoms with E-state index in [1.165, 1.54) is 5.56 Å². The standard InChI is InChI=1S/C19H22N4O2/c1-2-15-6-8-16(9-7-15)18(24)22-11-13-23(14-12-22)19(25)21-17-5-3-4-10-20-17/h3-10H,2,11-14H2,1H3,(H,20,21,25). The molecule has 1 aromatic heterocycles. The zero-order valence-electron chi connectivity index (χ0n) is 14.3. The summed E-state index contributed by atoms with van der Waals surface area (Å²) in [5, 5.41) is 2.77. The van der Waals surface area contributed by atoms with Crippen LogP contribution < -0.4 is 5.32 Å². The summed E-state index contributed by atoms with van der Waals surface area (Å²) in [5.41, 5.74) is 1.91. The molecule has 3 amide bonds. The molecule has 0 bridgehead atoms. The van der Waals surface area contributed by atoms with Gasteiger partial charge in [-0.25, -0.2) is 9.78 Å². The Labute approximate surface area is 147 Å². The normalized spacial score (nSPS) is 14.3. The number of anilines is 1. The van der Waals surface area contributed by atoms with E-state index in [0.717, 1.165) is 6.42 Å². The molecule has 25 heavy (non-hydrogen) atoms. The molecule has 1 aliphatic heterocycles. The molecule has 1 N–H and O–H groups in total. The number of nitrogens with zero attached hydrogens (tertiary/aromatic N) is 3. The summed E-state index contributed by atoms with van der Waals surface area (Å²) in [7, 11) is 0. The van der Waals surface area contributed by atoms with Crippen LogP contribution in [0.1, 0.15) is 22.8 Å². The molecule has 1 fully saturated rings. The number of hydrogen-bond donors (Lipinski definition) is 1. The Morgan fingerprint density at radius 2 is 1.68 bits per heavy atom. The van der Waals surface area contributed by atoms with Crippen molar-refractivity contribution in [3.63, 3.8) is 0 Å². The van der Waals surface area contributed by atoms with Gasteiger partial charge in [-0.05, 0) is 36.2 Å². The largest absolute Gasteiger partial charge is 0.335 e. The van der Waals surface area contributed by atoms with E-state index in [0.29, 0.717) is 37.6 Å². The average Bonchev–Trinajstić information content (AvgIpc) is 2.68. The van der Waals surface area contributed by atoms with E-state index in [1.54, 1.807) is 28.1 Å². The quantitative estimate of drug-likeness (QED) is 0.936. The average molecular weight is 338 g/mol. The van der Waals surface area contributed by atoms with Crippen LogP contribution >= 0.6 is 0 Å². The molecule has 0 saturated carbocycles. The molecule has 0 unspecified atom stereocenters. The van der Waals surface area contributed by atoms with Gasteiger partial charge in [-0.2, -0.15) is 0 Å². The van der Waals surface area contributed by atoms with Crippen molar-refractivity contribution >= 4 is 17.8 Å². The molecule has 1 aliphatic rings. The molecule has 1 saturated heterocycles. The van der Waals surface area contributed by atoms with Crippen LogP contribution in [0.25, 0.3) is 0 Å². The molecule has 6 heteroatoms. The van der Waals surface area contributed by atoms with E-state index in [1.807, 2.05) is 30.3 Å². The maximum Gasteiger partial charge on any atom is 0.323 e. The topological polar surface area (TPSA) is 65.5 Å². The SMILES string of the molecule is CCc1ccc(C(=O)N2CCN(C(=O)Nc3ccccn3)CC2)cc1. The number of nitrogens with one attached hydrogen (secondary N) is 1. The minimum atomic E-state index is -0.182. The van der Waals surface area contributed by atoms with Gasteiger partial charge in [0.1, 0.15) is 5.82 Å². The van der Waals surface area contributed by atoms with Crippen LogP contribution in [0.4, 0.5) is 10.6 Å². The van der Waals surface area contributed by atoms with Crippen molar-refractivity contribution < 1.29 is 9.59 Å². The summed E-state index contributed by atoms with van der Waals surface area (Å²) in [6.45, 7) is 4.18. The van der Waals surface area contributed by atoms with Crippen LogP contribution in [0.2, 0.25) is 0 Å². The van der Waals surface area contributed by atoms with Crippen LogP contribution in [-0.2, 0) is 6.42 Å². The lowest BCUT2D eigenvalue weighted by Crippen LogP contribution is -2.51. The summed E-state index contributed by atoms with van der Waals surface area (Å²) in [6.07, 6.45) is 2.59. The van der Waals surface area contributed by atoms with E-state index in [-0.39, 0.29) is 11.9 Å². The van der Waals surface area contributed by atoms with Gasteiger partial charge in [-0.3, -0.25) is 10.1 Å². The second-order valence-electron chi connectivity index (χ2n) is 5.97. The lowest BCUT2D eigenvalue weighted by Gasteiger charge is -2.34. The van der Waals surface area contributed by atoms with Crippen LogP contribution in [0.15, 0.2) is 48.7 Å². The van der Waals surface area contributed by atoms with Gasteiger partial charge in [-0.15, -0.1) is 0 Å². The van der Waals surface area contributed by atoms with Gasteiger partial charge in [0, 0.05) is 37.9 Å². The van der Waals surface area contributed by atoms with Crippen molar-refractivity contribution in [3.8, 4) is 0 Å². The Balaban J connectivity index is 1.54. The van der Waals surface area contributed by atoms with Crippen molar-refractivity contribution in [1.29, 1.82) is 0 Å². The van der Waals surface area contributed by atoms with Crippen molar-refractivity contribution in [3.05, 3.63) is 59.8 Å². The Hall–Kier alpha value is -2.89. The Morgan fingerprint density at radius 3 is 2.28 bits per heavy atom. The van der Waals surface area contributed by atoms with Gasteiger partial charge >= 0.3 is 6.03 Å². The van der Waals surface area contributed by atoms with Crippen LogP contribution in [0, 0.1) is 0 Å². The smallest absolute Gasteiger partial charge is 0.323 e. The van der Waals surface area contributed by atoms with Crippen molar-refractivity contribution in [2.24, 2.45) is 0 Å². The number of carbonyl (C=O) groups is 2. The fourth-order valence-electron chi connectivity index (χ4n) is 2.80. The number of aromatic nitrogens is 1. The summed E-state index contributed by atoms with van der Waals surface area (Å²) in [5.74, 6) is 0.550. The lowest BCUT2D eigenvalue weighted by atomic mass is 10.1. The van der Waals surface area contributed by atoms with Gasteiger partial charge in [0.05, 0.1) is 0 Å². The Morgan fingerprint density at radius 1 is 1.00 bits per heavy atom. The monoisotopic (exact) mass is 338 g/mol. The van der Waals surface area contributed by atoms with Crippen LogP contribution in [0.5, 0.6) is 0 Å². The maximum atomic E-state index is 12.6. The van der Waals surface area contributed by atoms with E-state index < -0.39 is 0 Å². The van der Waals surface area contributed by atoms with E-state index in [2.05, 4.69) is 17.2 Å². The summed E-state index contributed by atoms with van der Waals surface area (Å²) in [6, 6.07) is 12.9. The van der Waals surface area contributed by atoms with E-state index in [4.69, 9.17) is 0 Å². The van der Waals surface area contributed by atoms with Gasteiger partial charge in [-0.1, -0.05) is 25.1 Å². The zero-order valence-corrected chi connectivity index (χ0v) is 14.3. The first-order valence-corrected chi connectivity index (χ1v) is 8.52. The van der Waals surface area contributed by atoms with Crippen molar-refractivity contribution in [1.82, 2.24) is 14.8 Å². The molecule has 0 aliphatic carbocycles. The molecule has 2 heterocycles. The number of benzene rings is 1. The number of aryl methyl sites for hydroxylation is 1. The first-order valence-electron chi connectivity index (χ1n) is 8.52. The lowest BCUT2D eigenvalue weighted by molar-refractivity contribution is 0.0671. The van der Waals surface area contributed by atoms with Gasteiger partial charge < -0.3 is 9.80 Å². The second kappa shape index (κ2) is 7.79. The number of carbonyl (C=O) groups excluding carboxylic acids is 2. The molecule has 0 spiro atoms. The number of urea groups is 1. The summed E-state index contributed by atoms with van der Waals surface area (Å²) < 4.78 is 0. The van der Waals surface area contributed by atoms with Crippen LogP contribution in [-0.4, -0.2) is 52.9 Å². The maximum absolute atomic E-state index is 12.6. The number of rotatable bonds is 3. The predicted octanol–water partition coefficient (Wildman–Crippen LogP) is 2.63. The first-order chi connectivity index (χ1) is 12.2. The molecular weight excluding hydrogens is 316 g/mol. The third-order valence-corrected chi connectivity index (χ3v) is 4.36. The highest BCUT2D eigenvalue weighted by Gasteiger charge is 2.25. The van der Waals surface area contributed by atoms with Gasteiger partial charge in [0.2, 0.25) is 0 Å². The number of hydrogen-bond acceptors (Lipinski definition) is 3. The molecular formula is C19H22N4O2. The molecule has 0 radical (unpaired) electrons. The third-order valence-electron chi connectivity index (χ3n) is 4.36. The highest BCUT2D eigenvalue weighted by Crippen LogP contribution is 2.12. The molecule has 0 atom stereocenters. The molecule has 130 valence electrons. The van der Waals surface area contributed by atoms with Crippen LogP contribution in [0.3, 0.4) is 0 Å². The molecule has 3 rings (SSSR count). The van der Waals surface area contributed by atoms with Crippen molar-refractivity contribution in [2.45, 2.75) is 13.3 Å². The highest BCUT2D eigenvalue weighted by atomic mass is 16.2. The third kappa shape index (κ3) is 4.15. The summed E-state index contributed by atoms with van der Waals surface area (Å²) >= 11 is 0. The minimum Gasteiger partial charge on any atom is -0.335 e. The number of pyridine rings is 1. The van der Waals surface area contributed by atoms with Gasteiger partial charge in [0.25, 0.3) is 5.91 Å².